The number of oxime groups is 1. The summed E-state index contributed by atoms with van der Waals surface area (Å²) in [5.41, 5.74) is 5.33. The Morgan fingerprint density at radius 3 is 2.44 bits per heavy atom. The standard InChI is InChI=1S/C9H21N3O3S/c1-7(2)4-5-16(14,15)11-6-8(3)9(10)12-13/h7-8,11,13H,4-6H2,1-3H3,(H2,10,12). The third-order valence-corrected chi connectivity index (χ3v) is 3.57. The zero-order valence-corrected chi connectivity index (χ0v) is 10.8. The van der Waals surface area contributed by atoms with Gasteiger partial charge in [-0.2, -0.15) is 0 Å². The molecular weight excluding hydrogens is 230 g/mol. The third-order valence-electron chi connectivity index (χ3n) is 2.19. The lowest BCUT2D eigenvalue weighted by Crippen LogP contribution is -2.36. The van der Waals surface area contributed by atoms with Gasteiger partial charge in [0.1, 0.15) is 5.84 Å². The van der Waals surface area contributed by atoms with Gasteiger partial charge in [0.25, 0.3) is 0 Å². The quantitative estimate of drug-likeness (QED) is 0.262. The lowest BCUT2D eigenvalue weighted by atomic mass is 10.2. The van der Waals surface area contributed by atoms with Crippen molar-refractivity contribution >= 4 is 15.9 Å². The fourth-order valence-electron chi connectivity index (χ4n) is 0.918. The molecule has 0 aromatic rings. The number of nitrogens with one attached hydrogen (secondary N) is 1. The first-order valence-electron chi connectivity index (χ1n) is 5.23. The molecule has 0 spiro atoms. The number of hydrogen-bond acceptors (Lipinski definition) is 4. The molecule has 0 saturated heterocycles. The van der Waals surface area contributed by atoms with Gasteiger partial charge in [0.2, 0.25) is 10.0 Å². The smallest absolute Gasteiger partial charge is 0.211 e. The zero-order chi connectivity index (χ0) is 12.8. The first-order chi connectivity index (χ1) is 7.28. The van der Waals surface area contributed by atoms with Crippen LogP contribution < -0.4 is 10.5 Å². The number of nitrogens with zero attached hydrogens (tertiary/aromatic N) is 1. The van der Waals surface area contributed by atoms with Crippen LogP contribution in [0.4, 0.5) is 0 Å². The van der Waals surface area contributed by atoms with E-state index in [9.17, 15) is 8.42 Å². The van der Waals surface area contributed by atoms with Gasteiger partial charge in [-0.05, 0) is 12.3 Å². The molecule has 0 aliphatic carbocycles. The van der Waals surface area contributed by atoms with Crippen LogP contribution in [0, 0.1) is 11.8 Å². The summed E-state index contributed by atoms with van der Waals surface area (Å²) < 4.78 is 25.4. The average molecular weight is 251 g/mol. The fourth-order valence-corrected chi connectivity index (χ4v) is 2.35. The molecule has 96 valence electrons. The molecular formula is C9H21N3O3S. The summed E-state index contributed by atoms with van der Waals surface area (Å²) in [4.78, 5) is 0. The van der Waals surface area contributed by atoms with Gasteiger partial charge in [0.05, 0.1) is 5.75 Å². The molecule has 0 radical (unpaired) electrons. The summed E-state index contributed by atoms with van der Waals surface area (Å²) in [5, 5.41) is 11.2. The van der Waals surface area contributed by atoms with Crippen molar-refractivity contribution in [3.05, 3.63) is 0 Å². The van der Waals surface area contributed by atoms with E-state index in [1.54, 1.807) is 6.92 Å². The molecule has 16 heavy (non-hydrogen) atoms. The van der Waals surface area contributed by atoms with E-state index in [1.807, 2.05) is 13.8 Å². The first kappa shape index (κ1) is 15.2. The van der Waals surface area contributed by atoms with Crippen LogP contribution >= 0.6 is 0 Å². The Morgan fingerprint density at radius 1 is 1.44 bits per heavy atom. The van der Waals surface area contributed by atoms with Crippen LogP contribution in [0.1, 0.15) is 27.2 Å². The van der Waals surface area contributed by atoms with Crippen molar-refractivity contribution in [3.63, 3.8) is 0 Å². The molecule has 6 nitrogen and oxygen atoms in total. The zero-order valence-electron chi connectivity index (χ0n) is 9.97. The highest BCUT2D eigenvalue weighted by atomic mass is 32.2. The molecule has 0 aromatic heterocycles. The summed E-state index contributed by atoms with van der Waals surface area (Å²) in [6, 6.07) is 0. The van der Waals surface area contributed by atoms with Crippen LogP contribution in [0.15, 0.2) is 5.16 Å². The molecule has 1 unspecified atom stereocenters. The van der Waals surface area contributed by atoms with E-state index in [4.69, 9.17) is 10.9 Å². The van der Waals surface area contributed by atoms with Crippen molar-refractivity contribution in [1.29, 1.82) is 0 Å². The van der Waals surface area contributed by atoms with Crippen molar-refractivity contribution in [2.24, 2.45) is 22.7 Å². The maximum Gasteiger partial charge on any atom is 0.211 e. The van der Waals surface area contributed by atoms with Crippen molar-refractivity contribution < 1.29 is 13.6 Å². The minimum Gasteiger partial charge on any atom is -0.409 e. The first-order valence-corrected chi connectivity index (χ1v) is 6.88. The summed E-state index contributed by atoms with van der Waals surface area (Å²) >= 11 is 0. The van der Waals surface area contributed by atoms with Gasteiger partial charge in [-0.15, -0.1) is 0 Å². The van der Waals surface area contributed by atoms with E-state index in [0.717, 1.165) is 0 Å². The predicted octanol–water partition coefficient (Wildman–Crippen LogP) is 0.334. The van der Waals surface area contributed by atoms with Crippen LogP contribution in [-0.4, -0.2) is 31.8 Å². The van der Waals surface area contributed by atoms with Gasteiger partial charge in [-0.25, -0.2) is 13.1 Å². The van der Waals surface area contributed by atoms with E-state index in [-0.39, 0.29) is 24.1 Å². The molecule has 0 fully saturated rings. The minimum absolute atomic E-state index is 0.0200. The molecule has 0 saturated carbocycles. The highest BCUT2D eigenvalue weighted by Gasteiger charge is 2.14. The number of sulfonamides is 1. The third kappa shape index (κ3) is 6.62. The Labute approximate surface area is 97.0 Å². The van der Waals surface area contributed by atoms with E-state index >= 15 is 0 Å². The van der Waals surface area contributed by atoms with Crippen LogP contribution in [0.5, 0.6) is 0 Å². The van der Waals surface area contributed by atoms with Crippen LogP contribution in [0.25, 0.3) is 0 Å². The minimum atomic E-state index is -3.26. The number of amidine groups is 1. The molecule has 0 heterocycles. The van der Waals surface area contributed by atoms with Crippen molar-refractivity contribution in [2.45, 2.75) is 27.2 Å². The second-order valence-electron chi connectivity index (χ2n) is 4.28. The van der Waals surface area contributed by atoms with Gasteiger partial charge in [-0.1, -0.05) is 25.9 Å². The topological polar surface area (TPSA) is 105 Å². The predicted molar refractivity (Wildman–Crippen MR) is 63.8 cm³/mol. The Kier molecular flexibility index (Phi) is 6.35. The van der Waals surface area contributed by atoms with Gasteiger partial charge in [-0.3, -0.25) is 0 Å². The average Bonchev–Trinajstić information content (AvgIpc) is 2.22. The monoisotopic (exact) mass is 251 g/mol. The Morgan fingerprint density at radius 2 is 2.00 bits per heavy atom. The van der Waals surface area contributed by atoms with E-state index in [0.29, 0.717) is 12.3 Å². The molecule has 7 heteroatoms. The van der Waals surface area contributed by atoms with Gasteiger partial charge >= 0.3 is 0 Å². The van der Waals surface area contributed by atoms with Crippen LogP contribution in [-0.2, 0) is 10.0 Å². The summed E-state index contributed by atoms with van der Waals surface area (Å²) in [6.07, 6.45) is 0.618. The lowest BCUT2D eigenvalue weighted by molar-refractivity contribution is 0.314. The van der Waals surface area contributed by atoms with Gasteiger partial charge < -0.3 is 10.9 Å². The molecule has 0 amide bonds. The molecule has 0 aliphatic heterocycles. The SMILES string of the molecule is CC(C)CCS(=O)(=O)NCC(C)C(N)=NO. The number of rotatable bonds is 7. The summed E-state index contributed by atoms with van der Waals surface area (Å²) in [7, 11) is -3.26. The van der Waals surface area contributed by atoms with E-state index in [2.05, 4.69) is 9.88 Å². The van der Waals surface area contributed by atoms with E-state index < -0.39 is 10.0 Å². The van der Waals surface area contributed by atoms with Crippen molar-refractivity contribution in [3.8, 4) is 0 Å². The summed E-state index contributed by atoms with van der Waals surface area (Å²) in [6.45, 7) is 5.76. The molecule has 0 bridgehead atoms. The summed E-state index contributed by atoms with van der Waals surface area (Å²) in [5.74, 6) is 0.150. The molecule has 0 aromatic carbocycles. The molecule has 4 N–H and O–H groups in total. The van der Waals surface area contributed by atoms with Gasteiger partial charge in [0.15, 0.2) is 0 Å². The maximum absolute atomic E-state index is 11.5. The van der Waals surface area contributed by atoms with Gasteiger partial charge in [0, 0.05) is 12.5 Å². The Bertz CT molecular complexity index is 325. The second kappa shape index (κ2) is 6.70. The van der Waals surface area contributed by atoms with Crippen molar-refractivity contribution in [1.82, 2.24) is 4.72 Å². The Hall–Kier alpha value is -0.820. The number of nitrogens with two attached hydrogens (primary N) is 1. The van der Waals surface area contributed by atoms with E-state index in [1.165, 1.54) is 0 Å². The van der Waals surface area contributed by atoms with Crippen LogP contribution in [0.3, 0.4) is 0 Å². The highest BCUT2D eigenvalue weighted by molar-refractivity contribution is 7.89. The highest BCUT2D eigenvalue weighted by Crippen LogP contribution is 2.02. The van der Waals surface area contributed by atoms with Crippen LogP contribution in [0.2, 0.25) is 0 Å². The normalized spacial score (nSPS) is 15.4. The largest absolute Gasteiger partial charge is 0.409 e. The fraction of sp³-hybridized carbons (Fsp3) is 0.889. The number of hydrogen-bond donors (Lipinski definition) is 3. The second-order valence-corrected chi connectivity index (χ2v) is 6.20. The van der Waals surface area contributed by atoms with Crippen molar-refractivity contribution in [2.75, 3.05) is 12.3 Å². The Balaban J connectivity index is 4.09. The molecule has 0 rings (SSSR count). The molecule has 1 atom stereocenters. The maximum atomic E-state index is 11.5. The molecule has 0 aliphatic rings. The lowest BCUT2D eigenvalue weighted by Gasteiger charge is -2.12.